The van der Waals surface area contributed by atoms with E-state index >= 15 is 0 Å². The van der Waals surface area contributed by atoms with Crippen LogP contribution in [-0.4, -0.2) is 10.5 Å². The van der Waals surface area contributed by atoms with Crippen molar-refractivity contribution in [2.75, 3.05) is 0 Å². The van der Waals surface area contributed by atoms with Gasteiger partial charge in [0.1, 0.15) is 3.14 Å². The molecule has 0 radical (unpaired) electrons. The molecule has 5 heteroatoms. The molecule has 1 aliphatic carbocycles. The first-order valence-corrected chi connectivity index (χ1v) is 11.6. The number of hydrogen-bond acceptors (Lipinski definition) is 5. The van der Waals surface area contributed by atoms with Gasteiger partial charge in [-0.05, 0) is 12.8 Å². The van der Waals surface area contributed by atoms with Crippen LogP contribution in [0.5, 0.6) is 0 Å². The second kappa shape index (κ2) is 8.00. The first-order chi connectivity index (χ1) is 9.83. The van der Waals surface area contributed by atoms with Gasteiger partial charge in [0.05, 0.1) is 8.42 Å². The zero-order valence-electron chi connectivity index (χ0n) is 11.8. The summed E-state index contributed by atoms with van der Waals surface area (Å²) in [6, 6.07) is 0. The zero-order chi connectivity index (χ0) is 13.8. The van der Waals surface area contributed by atoms with Crippen molar-refractivity contribution in [1.82, 2.24) is 0 Å². The lowest BCUT2D eigenvalue weighted by atomic mass is 10.0. The van der Waals surface area contributed by atoms with Crippen molar-refractivity contribution in [2.45, 2.75) is 83.1 Å². The van der Waals surface area contributed by atoms with Crippen LogP contribution >= 0.6 is 58.4 Å². The van der Waals surface area contributed by atoms with E-state index in [1.165, 1.54) is 72.6 Å². The van der Waals surface area contributed by atoms with E-state index in [2.05, 4.69) is 23.5 Å². The van der Waals surface area contributed by atoms with Gasteiger partial charge in [-0.15, -0.1) is 46.2 Å². The zero-order valence-corrected chi connectivity index (χ0v) is 15.8. The molecule has 0 amide bonds. The molecule has 1 aliphatic heterocycles. The van der Waals surface area contributed by atoms with E-state index in [1.807, 2.05) is 22.7 Å². The Hall–Kier alpha value is 0.970. The third-order valence-electron chi connectivity index (χ3n) is 4.18. The minimum absolute atomic E-state index is 0.840. The molecule has 1 fully saturated rings. The third-order valence-corrected chi connectivity index (χ3v) is 10.6. The molecule has 112 valence electrons. The number of fused-ring (bicyclic) bond motifs is 2. The lowest BCUT2D eigenvalue weighted by Crippen LogP contribution is -2.22. The number of hydrogen-bond donors (Lipinski definition) is 0. The fraction of sp³-hybridized carbons (Fsp3) is 0.800. The fourth-order valence-corrected chi connectivity index (χ4v) is 10.3. The summed E-state index contributed by atoms with van der Waals surface area (Å²) in [6.07, 6.45) is 14.4. The molecular weight excluding hydrogens is 341 g/mol. The topological polar surface area (TPSA) is 0 Å². The summed E-state index contributed by atoms with van der Waals surface area (Å²) in [4.78, 5) is 0. The second-order valence-electron chi connectivity index (χ2n) is 5.75. The van der Waals surface area contributed by atoms with E-state index in [-0.39, 0.29) is 0 Å². The average Bonchev–Trinajstić information content (AvgIpc) is 2.77. The minimum Gasteiger partial charge on any atom is -0.109 e. The van der Waals surface area contributed by atoms with Crippen molar-refractivity contribution in [1.29, 1.82) is 0 Å². The first-order valence-electron chi connectivity index (χ1n) is 7.80. The van der Waals surface area contributed by atoms with Crippen LogP contribution < -0.4 is 0 Å². The quantitative estimate of drug-likeness (QED) is 0.442. The summed E-state index contributed by atoms with van der Waals surface area (Å²) in [6.45, 7) is 0. The summed E-state index contributed by atoms with van der Waals surface area (Å²) < 4.78 is 4.17. The van der Waals surface area contributed by atoms with Crippen LogP contribution in [-0.2, 0) is 0 Å². The standard InChI is InChI=1S/C15H22S5/c16-15-19-13-14(20-15)18-12-10-8-6-4-2-1-3-5-7-9-11(12)17-13/h11-12H,1-10H2/t11-,12+. The molecule has 0 saturated heterocycles. The van der Waals surface area contributed by atoms with E-state index in [0.29, 0.717) is 0 Å². The van der Waals surface area contributed by atoms with E-state index in [4.69, 9.17) is 12.2 Å². The van der Waals surface area contributed by atoms with Gasteiger partial charge in [0.2, 0.25) is 0 Å². The van der Waals surface area contributed by atoms with E-state index < -0.39 is 0 Å². The monoisotopic (exact) mass is 362 g/mol. The maximum absolute atomic E-state index is 5.39. The van der Waals surface area contributed by atoms with E-state index in [0.717, 1.165) is 13.6 Å². The Morgan fingerprint density at radius 1 is 0.650 bits per heavy atom. The molecule has 0 bridgehead atoms. The van der Waals surface area contributed by atoms with Crippen molar-refractivity contribution in [3.63, 3.8) is 0 Å². The number of rotatable bonds is 0. The highest BCUT2D eigenvalue weighted by molar-refractivity contribution is 8.09. The Bertz CT molecular complexity index is 434. The Labute approximate surface area is 144 Å². The smallest absolute Gasteiger partial charge is 0.109 e. The molecule has 0 aromatic carbocycles. The fourth-order valence-electron chi connectivity index (χ4n) is 3.07. The normalized spacial score (nSPS) is 28.8. The van der Waals surface area contributed by atoms with Gasteiger partial charge in [-0.1, -0.05) is 63.6 Å². The van der Waals surface area contributed by atoms with E-state index in [9.17, 15) is 0 Å². The molecular formula is C15H22S5. The molecule has 20 heavy (non-hydrogen) atoms. The molecule has 0 nitrogen and oxygen atoms in total. The molecule has 3 rings (SSSR count). The SMILES string of the molecule is S=c1sc2c(s1)S[C@@H]1CCCCCCCCCC[C@@H]1S2. The lowest BCUT2D eigenvalue weighted by molar-refractivity contribution is 0.514. The molecule has 2 heterocycles. The van der Waals surface area contributed by atoms with Gasteiger partial charge in [-0.25, -0.2) is 0 Å². The van der Waals surface area contributed by atoms with Gasteiger partial charge in [0.25, 0.3) is 0 Å². The summed E-state index contributed by atoms with van der Waals surface area (Å²) in [5.74, 6) is 0. The van der Waals surface area contributed by atoms with Crippen LogP contribution in [0.1, 0.15) is 64.2 Å². The molecule has 0 N–H and O–H groups in total. The van der Waals surface area contributed by atoms with Gasteiger partial charge < -0.3 is 0 Å². The molecule has 0 unspecified atom stereocenters. The summed E-state index contributed by atoms with van der Waals surface area (Å²) in [5, 5.41) is 1.68. The van der Waals surface area contributed by atoms with Crippen LogP contribution in [0.25, 0.3) is 0 Å². The predicted octanol–water partition coefficient (Wildman–Crippen LogP) is 7.39. The molecule has 1 saturated carbocycles. The second-order valence-corrected chi connectivity index (χ2v) is 12.0. The first kappa shape index (κ1) is 15.9. The molecule has 2 aliphatic rings. The van der Waals surface area contributed by atoms with Gasteiger partial charge in [-0.3, -0.25) is 0 Å². The predicted molar refractivity (Wildman–Crippen MR) is 98.5 cm³/mol. The number of thioether (sulfide) groups is 2. The third kappa shape index (κ3) is 4.25. The Balaban J connectivity index is 1.69. The highest BCUT2D eigenvalue weighted by Crippen LogP contribution is 2.53. The van der Waals surface area contributed by atoms with Gasteiger partial charge in [-0.2, -0.15) is 0 Å². The Morgan fingerprint density at radius 3 is 1.50 bits per heavy atom. The molecule has 2 atom stereocenters. The molecule has 0 spiro atoms. The summed E-state index contributed by atoms with van der Waals surface area (Å²) in [5.41, 5.74) is 0. The average molecular weight is 363 g/mol. The van der Waals surface area contributed by atoms with Gasteiger partial charge >= 0.3 is 0 Å². The van der Waals surface area contributed by atoms with Crippen LogP contribution in [0.15, 0.2) is 8.42 Å². The van der Waals surface area contributed by atoms with Crippen molar-refractivity contribution in [3.05, 3.63) is 3.14 Å². The van der Waals surface area contributed by atoms with Crippen LogP contribution in [0.4, 0.5) is 0 Å². The Kier molecular flexibility index (Phi) is 6.34. The summed E-state index contributed by atoms with van der Waals surface area (Å²) in [7, 11) is 0. The van der Waals surface area contributed by atoms with Crippen LogP contribution in [0.3, 0.4) is 0 Å². The molecule has 1 aromatic rings. The van der Waals surface area contributed by atoms with Crippen LogP contribution in [0.2, 0.25) is 0 Å². The maximum atomic E-state index is 5.39. The van der Waals surface area contributed by atoms with Crippen LogP contribution in [0, 0.1) is 3.14 Å². The van der Waals surface area contributed by atoms with Crippen molar-refractivity contribution in [2.24, 2.45) is 0 Å². The maximum Gasteiger partial charge on any atom is 0.145 e. The van der Waals surface area contributed by atoms with Gasteiger partial charge in [0.15, 0.2) is 0 Å². The minimum atomic E-state index is 0.840. The largest absolute Gasteiger partial charge is 0.145 e. The Morgan fingerprint density at radius 2 is 1.05 bits per heavy atom. The summed E-state index contributed by atoms with van der Waals surface area (Å²) >= 11 is 13.4. The molecule has 1 aromatic heterocycles. The lowest BCUT2D eigenvalue weighted by Gasteiger charge is -2.30. The van der Waals surface area contributed by atoms with E-state index in [1.54, 1.807) is 0 Å². The van der Waals surface area contributed by atoms with Crippen molar-refractivity contribution >= 4 is 58.4 Å². The highest BCUT2D eigenvalue weighted by atomic mass is 32.2. The van der Waals surface area contributed by atoms with Crippen molar-refractivity contribution < 1.29 is 0 Å². The highest BCUT2D eigenvalue weighted by Gasteiger charge is 2.31. The van der Waals surface area contributed by atoms with Crippen molar-refractivity contribution in [3.8, 4) is 0 Å². The van der Waals surface area contributed by atoms with Gasteiger partial charge in [0, 0.05) is 10.5 Å².